The van der Waals surface area contributed by atoms with E-state index in [9.17, 15) is 8.42 Å². The van der Waals surface area contributed by atoms with Crippen LogP contribution in [0.5, 0.6) is 11.5 Å². The molecule has 2 N–H and O–H groups in total. The highest BCUT2D eigenvalue weighted by molar-refractivity contribution is 7.89. The first-order valence-corrected chi connectivity index (χ1v) is 10.6. The third kappa shape index (κ3) is 2.96. The summed E-state index contributed by atoms with van der Waals surface area (Å²) < 4.78 is 38.9. The van der Waals surface area contributed by atoms with Crippen LogP contribution in [0.1, 0.15) is 29.7 Å². The summed E-state index contributed by atoms with van der Waals surface area (Å²) in [6.07, 6.45) is 4.37. The number of hydrogen-bond donors (Lipinski definition) is 2. The number of H-pyrrole nitrogens is 1. The summed E-state index contributed by atoms with van der Waals surface area (Å²) in [5.41, 5.74) is 4.35. The maximum absolute atomic E-state index is 12.8. The number of sulfonamides is 1. The van der Waals surface area contributed by atoms with Crippen LogP contribution in [0.4, 0.5) is 0 Å². The van der Waals surface area contributed by atoms with Gasteiger partial charge in [0.05, 0.1) is 4.90 Å². The highest BCUT2D eigenvalue weighted by Gasteiger charge is 2.20. The predicted octanol–water partition coefficient (Wildman–Crippen LogP) is 3.25. The summed E-state index contributed by atoms with van der Waals surface area (Å²) in [5.74, 6) is 1.33. The molecule has 0 fully saturated rings. The molecular formula is C20H20N2O4S. The zero-order chi connectivity index (χ0) is 18.4. The first-order chi connectivity index (χ1) is 13.1. The third-order valence-electron chi connectivity index (χ3n) is 5.28. The van der Waals surface area contributed by atoms with Gasteiger partial charge in [-0.15, -0.1) is 0 Å². The third-order valence-corrected chi connectivity index (χ3v) is 6.68. The van der Waals surface area contributed by atoms with Crippen LogP contribution in [0.2, 0.25) is 0 Å². The van der Waals surface area contributed by atoms with Crippen LogP contribution in [-0.4, -0.2) is 20.2 Å². The first kappa shape index (κ1) is 16.6. The van der Waals surface area contributed by atoms with E-state index < -0.39 is 10.0 Å². The Morgan fingerprint density at radius 3 is 2.78 bits per heavy atom. The maximum atomic E-state index is 12.8. The maximum Gasteiger partial charge on any atom is 0.240 e. The van der Waals surface area contributed by atoms with E-state index in [2.05, 4.69) is 9.71 Å². The van der Waals surface area contributed by atoms with Crippen molar-refractivity contribution in [1.29, 1.82) is 0 Å². The average molecular weight is 384 g/mol. The van der Waals surface area contributed by atoms with Gasteiger partial charge in [-0.05, 0) is 67.1 Å². The molecule has 0 saturated heterocycles. The lowest BCUT2D eigenvalue weighted by Crippen LogP contribution is -2.23. The molecule has 27 heavy (non-hydrogen) atoms. The van der Waals surface area contributed by atoms with Gasteiger partial charge in [-0.3, -0.25) is 0 Å². The number of nitrogens with one attached hydrogen (secondary N) is 2. The Kier molecular flexibility index (Phi) is 3.87. The molecule has 1 aliphatic heterocycles. The van der Waals surface area contributed by atoms with E-state index in [1.54, 1.807) is 24.3 Å². The minimum atomic E-state index is -3.60. The smallest absolute Gasteiger partial charge is 0.240 e. The van der Waals surface area contributed by atoms with Gasteiger partial charge in [0.1, 0.15) is 0 Å². The van der Waals surface area contributed by atoms with Gasteiger partial charge in [0.15, 0.2) is 11.5 Å². The molecule has 2 aromatic carbocycles. The van der Waals surface area contributed by atoms with Crippen LogP contribution >= 0.6 is 0 Å². The van der Waals surface area contributed by atoms with Gasteiger partial charge in [0, 0.05) is 23.1 Å². The minimum Gasteiger partial charge on any atom is -0.454 e. The second-order valence-corrected chi connectivity index (χ2v) is 8.78. The number of aryl methyl sites for hydroxylation is 2. The van der Waals surface area contributed by atoms with Gasteiger partial charge < -0.3 is 14.5 Å². The van der Waals surface area contributed by atoms with Crippen LogP contribution < -0.4 is 14.2 Å². The monoisotopic (exact) mass is 384 g/mol. The van der Waals surface area contributed by atoms with Gasteiger partial charge >= 0.3 is 0 Å². The van der Waals surface area contributed by atoms with Gasteiger partial charge in [-0.25, -0.2) is 13.1 Å². The van der Waals surface area contributed by atoms with Crippen LogP contribution in [0.15, 0.2) is 41.3 Å². The number of fused-ring (bicyclic) bond motifs is 4. The Bertz CT molecular complexity index is 1130. The Morgan fingerprint density at radius 1 is 1.00 bits per heavy atom. The molecule has 2 aliphatic rings. The number of hydrogen-bond acceptors (Lipinski definition) is 4. The molecule has 140 valence electrons. The summed E-state index contributed by atoms with van der Waals surface area (Å²) in [6, 6.07) is 10.7. The van der Waals surface area contributed by atoms with Crippen LogP contribution in [0.3, 0.4) is 0 Å². The summed E-state index contributed by atoms with van der Waals surface area (Å²) >= 11 is 0. The van der Waals surface area contributed by atoms with E-state index in [1.165, 1.54) is 17.7 Å². The lowest BCUT2D eigenvalue weighted by molar-refractivity contribution is 0.174. The zero-order valence-corrected chi connectivity index (χ0v) is 15.6. The van der Waals surface area contributed by atoms with Crippen LogP contribution in [-0.2, 0) is 29.4 Å². The van der Waals surface area contributed by atoms with Crippen molar-refractivity contribution in [1.82, 2.24) is 9.71 Å². The standard InChI is InChI=1S/C20H20N2O4S/c23-27(24,21-11-13-5-8-19-20(9-13)26-12-25-19)14-6-7-18-16(10-14)15-3-1-2-4-17(15)22-18/h5-10,21-22H,1-4,11-12H2. The van der Waals surface area contributed by atoms with Crippen molar-refractivity contribution in [2.45, 2.75) is 37.1 Å². The lowest BCUT2D eigenvalue weighted by atomic mass is 9.96. The molecule has 5 rings (SSSR count). The molecule has 0 unspecified atom stereocenters. The van der Waals surface area contributed by atoms with Crippen molar-refractivity contribution < 1.29 is 17.9 Å². The minimum absolute atomic E-state index is 0.197. The molecule has 0 bridgehead atoms. The SMILES string of the molecule is O=S(=O)(NCc1ccc2c(c1)OCO2)c1ccc2[nH]c3c(c2c1)CCCC3. The first-order valence-electron chi connectivity index (χ1n) is 9.12. The molecule has 3 aromatic rings. The summed E-state index contributed by atoms with van der Waals surface area (Å²) in [4.78, 5) is 3.73. The quantitative estimate of drug-likeness (QED) is 0.724. The molecule has 0 saturated carbocycles. The van der Waals surface area contributed by atoms with E-state index in [1.807, 2.05) is 12.1 Å². The van der Waals surface area contributed by atoms with Gasteiger partial charge in [0.2, 0.25) is 16.8 Å². The topological polar surface area (TPSA) is 80.4 Å². The van der Waals surface area contributed by atoms with E-state index in [-0.39, 0.29) is 13.3 Å². The number of benzene rings is 2. The predicted molar refractivity (Wildman–Crippen MR) is 102 cm³/mol. The van der Waals surface area contributed by atoms with Gasteiger partial charge in [0.25, 0.3) is 0 Å². The largest absolute Gasteiger partial charge is 0.454 e. The molecule has 0 atom stereocenters. The van der Waals surface area contributed by atoms with Crippen molar-refractivity contribution >= 4 is 20.9 Å². The van der Waals surface area contributed by atoms with Gasteiger partial charge in [-0.1, -0.05) is 6.07 Å². The Balaban J connectivity index is 1.41. The second kappa shape index (κ2) is 6.28. The molecular weight excluding hydrogens is 364 g/mol. The van der Waals surface area contributed by atoms with Crippen molar-refractivity contribution in [3.63, 3.8) is 0 Å². The van der Waals surface area contributed by atoms with Crippen LogP contribution in [0, 0.1) is 0 Å². The molecule has 0 amide bonds. The lowest BCUT2D eigenvalue weighted by Gasteiger charge is -2.11. The zero-order valence-electron chi connectivity index (χ0n) is 14.7. The fraction of sp³-hybridized carbons (Fsp3) is 0.300. The van der Waals surface area contributed by atoms with E-state index in [0.29, 0.717) is 16.4 Å². The summed E-state index contributed by atoms with van der Waals surface area (Å²) in [5, 5.41) is 1.02. The number of aromatic amines is 1. The van der Waals surface area contributed by atoms with Crippen molar-refractivity contribution in [3.8, 4) is 11.5 Å². The van der Waals surface area contributed by atoms with Crippen molar-refractivity contribution in [3.05, 3.63) is 53.2 Å². The highest BCUT2D eigenvalue weighted by Crippen LogP contribution is 2.33. The molecule has 2 heterocycles. The van der Waals surface area contributed by atoms with Crippen LogP contribution in [0.25, 0.3) is 10.9 Å². The Morgan fingerprint density at radius 2 is 1.85 bits per heavy atom. The van der Waals surface area contributed by atoms with Crippen molar-refractivity contribution in [2.75, 3.05) is 6.79 Å². The van der Waals surface area contributed by atoms with Gasteiger partial charge in [-0.2, -0.15) is 0 Å². The number of aromatic nitrogens is 1. The van der Waals surface area contributed by atoms with Crippen molar-refractivity contribution in [2.24, 2.45) is 0 Å². The average Bonchev–Trinajstić information content (AvgIpc) is 3.29. The summed E-state index contributed by atoms with van der Waals surface area (Å²) in [6.45, 7) is 0.397. The summed E-state index contributed by atoms with van der Waals surface area (Å²) in [7, 11) is -3.60. The Hall–Kier alpha value is -2.51. The second-order valence-electron chi connectivity index (χ2n) is 7.01. The van der Waals surface area contributed by atoms with E-state index in [0.717, 1.165) is 35.7 Å². The molecule has 7 heteroatoms. The number of ether oxygens (including phenoxy) is 2. The highest BCUT2D eigenvalue weighted by atomic mass is 32.2. The molecule has 6 nitrogen and oxygen atoms in total. The molecule has 0 radical (unpaired) electrons. The normalized spacial score (nSPS) is 15.9. The molecule has 1 aliphatic carbocycles. The fourth-order valence-corrected chi connectivity index (χ4v) is 4.91. The van der Waals surface area contributed by atoms with E-state index in [4.69, 9.17) is 9.47 Å². The Labute approximate surface area is 157 Å². The molecule has 1 aromatic heterocycles. The van der Waals surface area contributed by atoms with E-state index >= 15 is 0 Å². The molecule has 0 spiro atoms. The number of rotatable bonds is 4. The fourth-order valence-electron chi connectivity index (χ4n) is 3.86.